The fourth-order valence-corrected chi connectivity index (χ4v) is 4.59. The Labute approximate surface area is 154 Å². The summed E-state index contributed by atoms with van der Waals surface area (Å²) in [5.41, 5.74) is 2.34. The van der Waals surface area contributed by atoms with Gasteiger partial charge in [0.1, 0.15) is 5.65 Å². The molecule has 138 valence electrons. The lowest BCUT2D eigenvalue weighted by molar-refractivity contribution is -0.135. The van der Waals surface area contributed by atoms with Crippen molar-refractivity contribution in [2.45, 2.75) is 38.4 Å². The predicted octanol–water partition coefficient (Wildman–Crippen LogP) is 1.55. The largest absolute Gasteiger partial charge is 0.339 e. The summed E-state index contributed by atoms with van der Waals surface area (Å²) in [6.07, 6.45) is 5.94. The van der Waals surface area contributed by atoms with Gasteiger partial charge in [0.25, 0.3) is 0 Å². The van der Waals surface area contributed by atoms with Gasteiger partial charge in [0.2, 0.25) is 5.91 Å². The van der Waals surface area contributed by atoms with E-state index in [1.165, 1.54) is 30.3 Å². The first-order valence-corrected chi connectivity index (χ1v) is 9.95. The van der Waals surface area contributed by atoms with Crippen LogP contribution in [0.25, 0.3) is 11.0 Å². The third kappa shape index (κ3) is 2.91. The fourth-order valence-electron chi connectivity index (χ4n) is 4.59. The summed E-state index contributed by atoms with van der Waals surface area (Å²) >= 11 is 0. The molecule has 6 heteroatoms. The van der Waals surface area contributed by atoms with E-state index in [9.17, 15) is 4.79 Å². The number of hydrogen-bond donors (Lipinski definition) is 0. The number of aromatic nitrogens is 2. The van der Waals surface area contributed by atoms with Crippen molar-refractivity contribution >= 4 is 16.9 Å². The maximum Gasteiger partial charge on any atom is 0.236 e. The number of rotatable bonds is 3. The van der Waals surface area contributed by atoms with Gasteiger partial charge in [-0.05, 0) is 31.0 Å². The molecule has 6 nitrogen and oxygen atoms in total. The molecule has 1 aliphatic carbocycles. The minimum atomic E-state index is 0.293. The van der Waals surface area contributed by atoms with Gasteiger partial charge in [-0.25, -0.2) is 4.98 Å². The molecule has 0 radical (unpaired) electrons. The highest BCUT2D eigenvalue weighted by Gasteiger charge is 2.30. The first-order valence-electron chi connectivity index (χ1n) is 9.95. The van der Waals surface area contributed by atoms with Crippen molar-refractivity contribution in [1.82, 2.24) is 24.3 Å². The number of fused-ring (bicyclic) bond motifs is 3. The third-order valence-electron chi connectivity index (χ3n) is 6.38. The van der Waals surface area contributed by atoms with Gasteiger partial charge >= 0.3 is 0 Å². The summed E-state index contributed by atoms with van der Waals surface area (Å²) in [4.78, 5) is 24.2. The van der Waals surface area contributed by atoms with Gasteiger partial charge in [-0.15, -0.1) is 0 Å². The maximum atomic E-state index is 12.8. The van der Waals surface area contributed by atoms with Crippen LogP contribution in [0.2, 0.25) is 0 Å². The van der Waals surface area contributed by atoms with Crippen molar-refractivity contribution in [2.75, 3.05) is 39.3 Å². The number of piperazine rings is 1. The molecule has 0 spiro atoms. The molecule has 1 amide bonds. The molecule has 2 aromatic rings. The number of hydrogen-bond acceptors (Lipinski definition) is 4. The van der Waals surface area contributed by atoms with Crippen LogP contribution in [0.3, 0.4) is 0 Å². The monoisotopic (exact) mass is 353 g/mol. The van der Waals surface area contributed by atoms with Crippen molar-refractivity contribution in [1.29, 1.82) is 0 Å². The van der Waals surface area contributed by atoms with Crippen LogP contribution < -0.4 is 0 Å². The normalized spacial score (nSPS) is 22.4. The van der Waals surface area contributed by atoms with E-state index in [1.807, 2.05) is 12.3 Å². The maximum absolute atomic E-state index is 12.8. The zero-order valence-electron chi connectivity index (χ0n) is 15.3. The van der Waals surface area contributed by atoms with E-state index in [0.29, 0.717) is 12.5 Å². The van der Waals surface area contributed by atoms with Crippen LogP contribution >= 0.6 is 0 Å². The summed E-state index contributed by atoms with van der Waals surface area (Å²) in [6.45, 7) is 7.11. The summed E-state index contributed by atoms with van der Waals surface area (Å²) in [5.74, 6) is 0.293. The molecular weight excluding hydrogens is 326 g/mol. The zero-order chi connectivity index (χ0) is 17.5. The van der Waals surface area contributed by atoms with Crippen molar-refractivity contribution in [3.8, 4) is 0 Å². The quantitative estimate of drug-likeness (QED) is 0.840. The second-order valence-corrected chi connectivity index (χ2v) is 7.92. The number of amides is 1. The Kier molecular flexibility index (Phi) is 4.17. The van der Waals surface area contributed by atoms with E-state index in [2.05, 4.69) is 36.4 Å². The van der Waals surface area contributed by atoms with E-state index in [1.54, 1.807) is 0 Å². The standard InChI is InChI=1S/C20H27N5O/c26-19(24-10-8-23(9-11-24)17-4-1-5-17)15-22-7-12-25-18(14-22)13-16-3-2-6-21-20(16)25/h2-3,6,13,17H,1,4-5,7-12,14-15H2. The molecule has 2 aromatic heterocycles. The zero-order valence-corrected chi connectivity index (χ0v) is 15.3. The molecule has 0 N–H and O–H groups in total. The Morgan fingerprint density at radius 1 is 1.12 bits per heavy atom. The van der Waals surface area contributed by atoms with Crippen molar-refractivity contribution in [3.05, 3.63) is 30.1 Å². The first kappa shape index (κ1) is 16.3. The Morgan fingerprint density at radius 3 is 2.73 bits per heavy atom. The summed E-state index contributed by atoms with van der Waals surface area (Å²) in [6, 6.07) is 7.12. The molecule has 1 saturated carbocycles. The van der Waals surface area contributed by atoms with Gasteiger partial charge in [-0.3, -0.25) is 14.6 Å². The molecule has 1 saturated heterocycles. The Morgan fingerprint density at radius 2 is 1.96 bits per heavy atom. The van der Waals surface area contributed by atoms with E-state index >= 15 is 0 Å². The number of pyridine rings is 1. The van der Waals surface area contributed by atoms with Crippen molar-refractivity contribution in [2.24, 2.45) is 0 Å². The molecule has 4 heterocycles. The average Bonchev–Trinajstić information content (AvgIpc) is 2.98. The van der Waals surface area contributed by atoms with Crippen LogP contribution in [0.1, 0.15) is 25.0 Å². The van der Waals surface area contributed by atoms with E-state index in [0.717, 1.165) is 57.5 Å². The highest BCUT2D eigenvalue weighted by molar-refractivity contribution is 5.79. The van der Waals surface area contributed by atoms with Gasteiger partial charge < -0.3 is 9.47 Å². The summed E-state index contributed by atoms with van der Waals surface area (Å²) < 4.78 is 2.30. The smallest absolute Gasteiger partial charge is 0.236 e. The second kappa shape index (κ2) is 6.67. The molecule has 0 atom stereocenters. The van der Waals surface area contributed by atoms with Gasteiger partial charge in [0, 0.05) is 69.1 Å². The molecule has 3 aliphatic rings. The van der Waals surface area contributed by atoms with Crippen molar-refractivity contribution in [3.63, 3.8) is 0 Å². The number of carbonyl (C=O) groups excluding carboxylic acids is 1. The molecule has 5 rings (SSSR count). The van der Waals surface area contributed by atoms with Gasteiger partial charge in [0.15, 0.2) is 0 Å². The first-order chi connectivity index (χ1) is 12.8. The summed E-state index contributed by atoms with van der Waals surface area (Å²) in [7, 11) is 0. The van der Waals surface area contributed by atoms with Crippen LogP contribution in [-0.2, 0) is 17.9 Å². The molecule has 26 heavy (non-hydrogen) atoms. The minimum Gasteiger partial charge on any atom is -0.339 e. The van der Waals surface area contributed by atoms with E-state index in [-0.39, 0.29) is 0 Å². The van der Waals surface area contributed by atoms with Crippen LogP contribution in [0.5, 0.6) is 0 Å². The van der Waals surface area contributed by atoms with Gasteiger partial charge in [0.05, 0.1) is 6.54 Å². The molecule has 2 aliphatic heterocycles. The second-order valence-electron chi connectivity index (χ2n) is 7.92. The number of nitrogens with zero attached hydrogens (tertiary/aromatic N) is 5. The molecule has 2 fully saturated rings. The topological polar surface area (TPSA) is 44.6 Å². The van der Waals surface area contributed by atoms with Gasteiger partial charge in [-0.1, -0.05) is 6.42 Å². The Bertz CT molecular complexity index is 804. The predicted molar refractivity (Wildman–Crippen MR) is 101 cm³/mol. The number of carbonyl (C=O) groups is 1. The Hall–Kier alpha value is -1.92. The highest BCUT2D eigenvalue weighted by Crippen LogP contribution is 2.26. The molecular formula is C20H27N5O. The van der Waals surface area contributed by atoms with Crippen LogP contribution in [0.15, 0.2) is 24.4 Å². The lowest BCUT2D eigenvalue weighted by Gasteiger charge is -2.43. The van der Waals surface area contributed by atoms with E-state index < -0.39 is 0 Å². The minimum absolute atomic E-state index is 0.293. The summed E-state index contributed by atoms with van der Waals surface area (Å²) in [5, 5.41) is 1.20. The lowest BCUT2D eigenvalue weighted by atomic mass is 9.91. The molecule has 0 bridgehead atoms. The van der Waals surface area contributed by atoms with Crippen molar-refractivity contribution < 1.29 is 4.79 Å². The SMILES string of the molecule is O=C(CN1CCn2c(cc3cccnc32)C1)N1CCN(C2CCC2)CC1. The third-order valence-corrected chi connectivity index (χ3v) is 6.38. The lowest BCUT2D eigenvalue weighted by Crippen LogP contribution is -2.55. The van der Waals surface area contributed by atoms with Crippen LogP contribution in [0, 0.1) is 0 Å². The molecule has 0 aromatic carbocycles. The van der Waals surface area contributed by atoms with Gasteiger partial charge in [-0.2, -0.15) is 0 Å². The molecule has 0 unspecified atom stereocenters. The van der Waals surface area contributed by atoms with E-state index in [4.69, 9.17) is 0 Å². The fraction of sp³-hybridized carbons (Fsp3) is 0.600. The highest BCUT2D eigenvalue weighted by atomic mass is 16.2. The van der Waals surface area contributed by atoms with Crippen LogP contribution in [0.4, 0.5) is 0 Å². The average molecular weight is 353 g/mol. The Balaban J connectivity index is 1.19. The van der Waals surface area contributed by atoms with Crippen LogP contribution in [-0.4, -0.2) is 75.5 Å².